The summed E-state index contributed by atoms with van der Waals surface area (Å²) in [5.74, 6) is 0.999. The minimum Gasteiger partial charge on any atom is -0.493 e. The van der Waals surface area contributed by atoms with Crippen LogP contribution in [-0.2, 0) is 13.0 Å². The fraction of sp³-hybridized carbons (Fsp3) is 0.286. The molecule has 88 valence electrons. The molecule has 0 saturated carbocycles. The zero-order valence-corrected chi connectivity index (χ0v) is 9.79. The standard InChI is InChI=1S/C14H15NO2/c1-9-12(8-16)7-13(15-9)10-2-3-14-11(6-10)4-5-17-14/h2-3,6-7,15-16H,4-5,8H2,1H3. The van der Waals surface area contributed by atoms with Crippen molar-refractivity contribution in [1.29, 1.82) is 0 Å². The van der Waals surface area contributed by atoms with Crippen LogP contribution in [0.1, 0.15) is 16.8 Å². The molecule has 1 aromatic carbocycles. The average Bonchev–Trinajstić information content (AvgIpc) is 2.93. The fourth-order valence-electron chi connectivity index (χ4n) is 2.27. The maximum atomic E-state index is 9.19. The molecule has 0 radical (unpaired) electrons. The van der Waals surface area contributed by atoms with Gasteiger partial charge in [-0.15, -0.1) is 0 Å². The molecule has 0 amide bonds. The average molecular weight is 229 g/mol. The second-order valence-corrected chi connectivity index (χ2v) is 4.41. The molecule has 0 bridgehead atoms. The van der Waals surface area contributed by atoms with Gasteiger partial charge in [-0.3, -0.25) is 0 Å². The Morgan fingerprint density at radius 3 is 3.00 bits per heavy atom. The summed E-state index contributed by atoms with van der Waals surface area (Å²) in [5, 5.41) is 9.19. The molecule has 0 atom stereocenters. The van der Waals surface area contributed by atoms with Crippen molar-refractivity contribution in [2.45, 2.75) is 20.0 Å². The fourth-order valence-corrected chi connectivity index (χ4v) is 2.27. The second-order valence-electron chi connectivity index (χ2n) is 4.41. The first kappa shape index (κ1) is 10.4. The summed E-state index contributed by atoms with van der Waals surface area (Å²) in [6, 6.07) is 8.24. The zero-order valence-electron chi connectivity index (χ0n) is 9.79. The smallest absolute Gasteiger partial charge is 0.122 e. The molecule has 2 aromatic rings. The number of aromatic amines is 1. The number of ether oxygens (including phenoxy) is 1. The van der Waals surface area contributed by atoms with Crippen molar-refractivity contribution < 1.29 is 9.84 Å². The van der Waals surface area contributed by atoms with E-state index in [0.717, 1.165) is 41.3 Å². The Balaban J connectivity index is 2.03. The maximum absolute atomic E-state index is 9.19. The highest BCUT2D eigenvalue weighted by Gasteiger charge is 2.13. The van der Waals surface area contributed by atoms with E-state index in [1.54, 1.807) is 0 Å². The van der Waals surface area contributed by atoms with Crippen molar-refractivity contribution in [3.63, 3.8) is 0 Å². The topological polar surface area (TPSA) is 45.2 Å². The van der Waals surface area contributed by atoms with Gasteiger partial charge in [0.1, 0.15) is 5.75 Å². The molecular weight excluding hydrogens is 214 g/mol. The van der Waals surface area contributed by atoms with Crippen LogP contribution in [0.2, 0.25) is 0 Å². The van der Waals surface area contributed by atoms with E-state index >= 15 is 0 Å². The summed E-state index contributed by atoms with van der Waals surface area (Å²) < 4.78 is 5.49. The quantitative estimate of drug-likeness (QED) is 0.830. The molecule has 0 unspecified atom stereocenters. The third-order valence-corrected chi connectivity index (χ3v) is 3.29. The SMILES string of the molecule is Cc1[nH]c(-c2ccc3c(c2)CCO3)cc1CO. The number of fused-ring (bicyclic) bond motifs is 1. The Hall–Kier alpha value is -1.74. The summed E-state index contributed by atoms with van der Waals surface area (Å²) in [7, 11) is 0. The van der Waals surface area contributed by atoms with Gasteiger partial charge in [0.05, 0.1) is 13.2 Å². The number of hydrogen-bond donors (Lipinski definition) is 2. The van der Waals surface area contributed by atoms with Crippen LogP contribution in [0.5, 0.6) is 5.75 Å². The summed E-state index contributed by atoms with van der Waals surface area (Å²) in [6.45, 7) is 2.84. The van der Waals surface area contributed by atoms with Crippen LogP contribution in [0, 0.1) is 6.92 Å². The van der Waals surface area contributed by atoms with E-state index < -0.39 is 0 Å². The Bertz CT molecular complexity index is 557. The highest BCUT2D eigenvalue weighted by atomic mass is 16.5. The normalized spacial score (nSPS) is 13.5. The lowest BCUT2D eigenvalue weighted by molar-refractivity contribution is 0.281. The number of H-pyrrole nitrogens is 1. The minimum absolute atomic E-state index is 0.0797. The molecule has 17 heavy (non-hydrogen) atoms. The van der Waals surface area contributed by atoms with Gasteiger partial charge in [0.15, 0.2) is 0 Å². The van der Waals surface area contributed by atoms with Crippen molar-refractivity contribution >= 4 is 0 Å². The Kier molecular flexibility index (Phi) is 2.41. The van der Waals surface area contributed by atoms with Gasteiger partial charge in [-0.25, -0.2) is 0 Å². The van der Waals surface area contributed by atoms with E-state index in [-0.39, 0.29) is 6.61 Å². The Morgan fingerprint density at radius 1 is 1.35 bits per heavy atom. The highest BCUT2D eigenvalue weighted by Crippen LogP contribution is 2.30. The molecule has 1 aliphatic heterocycles. The molecule has 1 aromatic heterocycles. The van der Waals surface area contributed by atoms with Crippen LogP contribution in [0.25, 0.3) is 11.3 Å². The lowest BCUT2D eigenvalue weighted by Gasteiger charge is -2.02. The Labute approximate surface area is 100 Å². The molecule has 1 aliphatic rings. The van der Waals surface area contributed by atoms with Gasteiger partial charge in [0, 0.05) is 17.8 Å². The Morgan fingerprint density at radius 2 is 2.24 bits per heavy atom. The summed E-state index contributed by atoms with van der Waals surface area (Å²) >= 11 is 0. The third kappa shape index (κ3) is 1.72. The summed E-state index contributed by atoms with van der Waals surface area (Å²) in [6.07, 6.45) is 0.982. The van der Waals surface area contributed by atoms with Crippen LogP contribution in [0.4, 0.5) is 0 Å². The molecule has 3 nitrogen and oxygen atoms in total. The molecule has 0 aliphatic carbocycles. The number of hydrogen-bond acceptors (Lipinski definition) is 2. The largest absolute Gasteiger partial charge is 0.493 e. The second kappa shape index (κ2) is 3.93. The van der Waals surface area contributed by atoms with Gasteiger partial charge in [-0.05, 0) is 47.9 Å². The van der Waals surface area contributed by atoms with E-state index in [0.29, 0.717) is 0 Å². The van der Waals surface area contributed by atoms with E-state index in [2.05, 4.69) is 17.1 Å². The van der Waals surface area contributed by atoms with E-state index in [1.165, 1.54) is 5.56 Å². The zero-order chi connectivity index (χ0) is 11.8. The van der Waals surface area contributed by atoms with Gasteiger partial charge in [-0.1, -0.05) is 0 Å². The minimum atomic E-state index is 0.0797. The molecule has 0 spiro atoms. The molecule has 3 heteroatoms. The molecule has 2 heterocycles. The van der Waals surface area contributed by atoms with Crippen molar-refractivity contribution in [2.24, 2.45) is 0 Å². The first-order valence-corrected chi connectivity index (χ1v) is 5.83. The lowest BCUT2D eigenvalue weighted by Crippen LogP contribution is -1.85. The number of aliphatic hydroxyl groups is 1. The van der Waals surface area contributed by atoms with Crippen LogP contribution in [-0.4, -0.2) is 16.7 Å². The molecule has 2 N–H and O–H groups in total. The van der Waals surface area contributed by atoms with Gasteiger partial charge >= 0.3 is 0 Å². The predicted octanol–water partition coefficient (Wildman–Crippen LogP) is 2.42. The molecule has 3 rings (SSSR count). The molecule has 0 saturated heterocycles. The monoisotopic (exact) mass is 229 g/mol. The third-order valence-electron chi connectivity index (χ3n) is 3.29. The van der Waals surface area contributed by atoms with E-state index in [4.69, 9.17) is 4.74 Å². The number of aliphatic hydroxyl groups excluding tert-OH is 1. The van der Waals surface area contributed by atoms with Crippen molar-refractivity contribution in [1.82, 2.24) is 4.98 Å². The molecule has 0 fully saturated rings. The van der Waals surface area contributed by atoms with Crippen molar-refractivity contribution in [3.8, 4) is 17.0 Å². The van der Waals surface area contributed by atoms with Crippen LogP contribution < -0.4 is 4.74 Å². The van der Waals surface area contributed by atoms with E-state index in [9.17, 15) is 5.11 Å². The predicted molar refractivity (Wildman–Crippen MR) is 66.1 cm³/mol. The number of aryl methyl sites for hydroxylation is 1. The maximum Gasteiger partial charge on any atom is 0.122 e. The van der Waals surface area contributed by atoms with Crippen molar-refractivity contribution in [2.75, 3.05) is 6.61 Å². The van der Waals surface area contributed by atoms with Crippen molar-refractivity contribution in [3.05, 3.63) is 41.1 Å². The first-order chi connectivity index (χ1) is 8.28. The number of benzene rings is 1. The highest BCUT2D eigenvalue weighted by molar-refractivity contribution is 5.64. The van der Waals surface area contributed by atoms with E-state index in [1.807, 2.05) is 19.1 Å². The van der Waals surface area contributed by atoms with Gasteiger partial charge in [-0.2, -0.15) is 0 Å². The van der Waals surface area contributed by atoms with Gasteiger partial charge in [0.2, 0.25) is 0 Å². The number of aromatic nitrogens is 1. The lowest BCUT2D eigenvalue weighted by atomic mass is 10.1. The summed E-state index contributed by atoms with van der Waals surface area (Å²) in [4.78, 5) is 3.30. The van der Waals surface area contributed by atoms with Gasteiger partial charge < -0.3 is 14.8 Å². The number of nitrogens with one attached hydrogen (secondary N) is 1. The summed E-state index contributed by atoms with van der Waals surface area (Å²) in [5.41, 5.74) is 5.45. The van der Waals surface area contributed by atoms with Gasteiger partial charge in [0.25, 0.3) is 0 Å². The van der Waals surface area contributed by atoms with Crippen LogP contribution in [0.15, 0.2) is 24.3 Å². The van der Waals surface area contributed by atoms with Crippen LogP contribution in [0.3, 0.4) is 0 Å². The first-order valence-electron chi connectivity index (χ1n) is 5.83. The van der Waals surface area contributed by atoms with Crippen LogP contribution >= 0.6 is 0 Å². The number of rotatable bonds is 2. The molecular formula is C14H15NO2.